The number of rotatable bonds is 6. The van der Waals surface area contributed by atoms with Crippen LogP contribution in [0, 0.1) is 11.6 Å². The number of carbonyl (C=O) groups is 2. The molecular weight excluding hydrogens is 256 g/mol. The number of amides is 1. The third-order valence-corrected chi connectivity index (χ3v) is 2.79. The Labute approximate surface area is 110 Å². The van der Waals surface area contributed by atoms with Gasteiger partial charge in [0.05, 0.1) is 13.2 Å². The van der Waals surface area contributed by atoms with Crippen LogP contribution in [-0.4, -0.2) is 30.9 Å². The molecule has 104 valence electrons. The smallest absolute Gasteiger partial charge is 0.325 e. The van der Waals surface area contributed by atoms with E-state index in [0.717, 1.165) is 12.1 Å². The van der Waals surface area contributed by atoms with Gasteiger partial charge in [-0.25, -0.2) is 8.78 Å². The molecule has 4 nitrogen and oxygen atoms in total. The van der Waals surface area contributed by atoms with E-state index >= 15 is 0 Å². The Kier molecular flexibility index (Phi) is 5.41. The first-order chi connectivity index (χ1) is 9.03. The lowest BCUT2D eigenvalue weighted by Crippen LogP contribution is -2.33. The first-order valence-corrected chi connectivity index (χ1v) is 5.76. The molecule has 0 saturated heterocycles. The first-order valence-electron chi connectivity index (χ1n) is 5.76. The van der Waals surface area contributed by atoms with E-state index < -0.39 is 23.6 Å². The summed E-state index contributed by atoms with van der Waals surface area (Å²) >= 11 is 0. The average Bonchev–Trinajstić information content (AvgIpc) is 2.41. The van der Waals surface area contributed by atoms with Crippen molar-refractivity contribution in [2.45, 2.75) is 19.4 Å². The third kappa shape index (κ3) is 3.74. The molecule has 1 atom stereocenters. The van der Waals surface area contributed by atoms with Crippen molar-refractivity contribution in [1.82, 2.24) is 4.90 Å². The van der Waals surface area contributed by atoms with Crippen LogP contribution >= 0.6 is 0 Å². The van der Waals surface area contributed by atoms with Crippen LogP contribution in [0.25, 0.3) is 0 Å². The molecule has 1 amide bonds. The summed E-state index contributed by atoms with van der Waals surface area (Å²) in [7, 11) is 1.21. The summed E-state index contributed by atoms with van der Waals surface area (Å²) in [6.45, 7) is 1.54. The Morgan fingerprint density at radius 3 is 2.58 bits per heavy atom. The maximum absolute atomic E-state index is 13.2. The molecular formula is C13H15F2NO3. The predicted molar refractivity (Wildman–Crippen MR) is 64.2 cm³/mol. The zero-order chi connectivity index (χ0) is 14.4. The highest BCUT2D eigenvalue weighted by atomic mass is 19.2. The van der Waals surface area contributed by atoms with E-state index in [1.54, 1.807) is 6.92 Å². The van der Waals surface area contributed by atoms with Gasteiger partial charge in [0, 0.05) is 0 Å². The van der Waals surface area contributed by atoms with E-state index in [0.29, 0.717) is 18.4 Å². The SMILES string of the molecule is CCC(c1ccc(F)c(F)c1)N(C=O)CC(=O)OC. The lowest BCUT2D eigenvalue weighted by molar-refractivity contribution is -0.145. The number of nitrogens with zero attached hydrogens (tertiary/aromatic N) is 1. The topological polar surface area (TPSA) is 46.6 Å². The van der Waals surface area contributed by atoms with E-state index in [2.05, 4.69) is 4.74 Å². The minimum atomic E-state index is -0.986. The molecule has 1 aromatic carbocycles. The number of carbonyl (C=O) groups excluding carboxylic acids is 2. The maximum atomic E-state index is 13.2. The van der Waals surface area contributed by atoms with Crippen molar-refractivity contribution in [3.8, 4) is 0 Å². The van der Waals surface area contributed by atoms with Crippen LogP contribution < -0.4 is 0 Å². The molecule has 0 heterocycles. The second-order valence-electron chi connectivity index (χ2n) is 3.95. The summed E-state index contributed by atoms with van der Waals surface area (Å²) in [4.78, 5) is 23.4. The van der Waals surface area contributed by atoms with Crippen LogP contribution in [0.15, 0.2) is 18.2 Å². The van der Waals surface area contributed by atoms with Gasteiger partial charge in [-0.3, -0.25) is 9.59 Å². The summed E-state index contributed by atoms with van der Waals surface area (Å²) in [6.07, 6.45) is 0.952. The number of hydrogen-bond acceptors (Lipinski definition) is 3. The van der Waals surface area contributed by atoms with E-state index in [1.807, 2.05) is 0 Å². The van der Waals surface area contributed by atoms with Gasteiger partial charge in [-0.1, -0.05) is 13.0 Å². The highest BCUT2D eigenvalue weighted by Crippen LogP contribution is 2.24. The molecule has 0 aliphatic rings. The van der Waals surface area contributed by atoms with Crippen LogP contribution in [0.5, 0.6) is 0 Å². The van der Waals surface area contributed by atoms with Gasteiger partial charge in [-0.15, -0.1) is 0 Å². The molecule has 1 unspecified atom stereocenters. The fourth-order valence-electron chi connectivity index (χ4n) is 1.82. The molecule has 0 aliphatic heterocycles. The molecule has 1 rings (SSSR count). The molecule has 0 spiro atoms. The van der Waals surface area contributed by atoms with E-state index in [1.165, 1.54) is 18.1 Å². The van der Waals surface area contributed by atoms with Crippen LogP contribution in [0.3, 0.4) is 0 Å². The van der Waals surface area contributed by atoms with Crippen LogP contribution in [0.4, 0.5) is 8.78 Å². The molecule has 19 heavy (non-hydrogen) atoms. The average molecular weight is 271 g/mol. The van der Waals surface area contributed by atoms with Crippen molar-refractivity contribution in [2.75, 3.05) is 13.7 Å². The van der Waals surface area contributed by atoms with Gasteiger partial charge in [-0.05, 0) is 24.1 Å². The van der Waals surface area contributed by atoms with E-state index in [-0.39, 0.29) is 6.54 Å². The molecule has 0 bridgehead atoms. The van der Waals surface area contributed by atoms with E-state index in [4.69, 9.17) is 0 Å². The molecule has 0 N–H and O–H groups in total. The highest BCUT2D eigenvalue weighted by molar-refractivity contribution is 5.74. The number of benzene rings is 1. The van der Waals surface area contributed by atoms with Crippen molar-refractivity contribution < 1.29 is 23.1 Å². The third-order valence-electron chi connectivity index (χ3n) is 2.79. The summed E-state index contributed by atoms with van der Waals surface area (Å²) in [5.41, 5.74) is 0.428. The van der Waals surface area contributed by atoms with Crippen molar-refractivity contribution in [3.05, 3.63) is 35.4 Å². The van der Waals surface area contributed by atoms with Gasteiger partial charge in [0.1, 0.15) is 6.54 Å². The summed E-state index contributed by atoms with van der Waals surface area (Å²) in [6, 6.07) is 2.90. The number of methoxy groups -OCH3 is 1. The molecule has 0 aliphatic carbocycles. The van der Waals surface area contributed by atoms with Gasteiger partial charge in [0.15, 0.2) is 11.6 Å². The zero-order valence-corrected chi connectivity index (χ0v) is 10.7. The molecule has 0 aromatic heterocycles. The van der Waals surface area contributed by atoms with Crippen LogP contribution in [-0.2, 0) is 14.3 Å². The fourth-order valence-corrected chi connectivity index (χ4v) is 1.82. The van der Waals surface area contributed by atoms with Gasteiger partial charge in [-0.2, -0.15) is 0 Å². The lowest BCUT2D eigenvalue weighted by Gasteiger charge is -2.26. The summed E-state index contributed by atoms with van der Waals surface area (Å²) in [5.74, 6) is -2.52. The molecule has 0 fully saturated rings. The van der Waals surface area contributed by atoms with Crippen molar-refractivity contribution in [1.29, 1.82) is 0 Å². The summed E-state index contributed by atoms with van der Waals surface area (Å²) in [5, 5.41) is 0. The Hall–Kier alpha value is -1.98. The van der Waals surface area contributed by atoms with Crippen molar-refractivity contribution in [3.63, 3.8) is 0 Å². The zero-order valence-electron chi connectivity index (χ0n) is 10.7. The second kappa shape index (κ2) is 6.82. The maximum Gasteiger partial charge on any atom is 0.325 e. The summed E-state index contributed by atoms with van der Waals surface area (Å²) < 4.78 is 30.6. The molecule has 0 radical (unpaired) electrons. The number of halogens is 2. The molecule has 1 aromatic rings. The van der Waals surface area contributed by atoms with Crippen molar-refractivity contribution in [2.24, 2.45) is 0 Å². The second-order valence-corrected chi connectivity index (χ2v) is 3.95. The van der Waals surface area contributed by atoms with Crippen molar-refractivity contribution >= 4 is 12.4 Å². The minimum absolute atomic E-state index is 0.239. The fraction of sp³-hybridized carbons (Fsp3) is 0.385. The van der Waals surface area contributed by atoms with E-state index in [9.17, 15) is 18.4 Å². The Morgan fingerprint density at radius 1 is 1.42 bits per heavy atom. The Morgan fingerprint density at radius 2 is 2.11 bits per heavy atom. The Balaban J connectivity index is 2.99. The number of ether oxygens (including phenoxy) is 1. The standard InChI is InChI=1S/C13H15F2NO3/c1-3-12(16(8-17)7-13(18)19-2)9-4-5-10(14)11(15)6-9/h4-6,8,12H,3,7H2,1-2H3. The highest BCUT2D eigenvalue weighted by Gasteiger charge is 2.21. The first kappa shape index (κ1) is 15.1. The Bertz CT molecular complexity index is 465. The van der Waals surface area contributed by atoms with Gasteiger partial charge in [0.25, 0.3) is 0 Å². The van der Waals surface area contributed by atoms with Gasteiger partial charge >= 0.3 is 5.97 Å². The number of hydrogen-bond donors (Lipinski definition) is 0. The van der Waals surface area contributed by atoms with Gasteiger partial charge < -0.3 is 9.64 Å². The van der Waals surface area contributed by atoms with Crippen LogP contribution in [0.1, 0.15) is 24.9 Å². The predicted octanol–water partition coefficient (Wildman–Crippen LogP) is 2.05. The quantitative estimate of drug-likeness (QED) is 0.587. The largest absolute Gasteiger partial charge is 0.468 e. The molecule has 6 heteroatoms. The van der Waals surface area contributed by atoms with Crippen LogP contribution in [0.2, 0.25) is 0 Å². The minimum Gasteiger partial charge on any atom is -0.468 e. The lowest BCUT2D eigenvalue weighted by atomic mass is 10.0. The molecule has 0 saturated carbocycles. The number of esters is 1. The monoisotopic (exact) mass is 271 g/mol. The normalized spacial score (nSPS) is 11.8. The van der Waals surface area contributed by atoms with Gasteiger partial charge in [0.2, 0.25) is 6.41 Å².